The van der Waals surface area contributed by atoms with Gasteiger partial charge in [-0.05, 0) is 31.5 Å². The van der Waals surface area contributed by atoms with Crippen molar-refractivity contribution in [1.29, 1.82) is 0 Å². The van der Waals surface area contributed by atoms with Gasteiger partial charge in [0.2, 0.25) is 5.91 Å². The lowest BCUT2D eigenvalue weighted by molar-refractivity contribution is -0.116. The Morgan fingerprint density at radius 3 is 2.44 bits per heavy atom. The Morgan fingerprint density at radius 2 is 1.72 bits per heavy atom. The van der Waals surface area contributed by atoms with Gasteiger partial charge in [0.05, 0.1) is 17.9 Å². The van der Waals surface area contributed by atoms with E-state index in [1.54, 1.807) is 31.2 Å². The summed E-state index contributed by atoms with van der Waals surface area (Å²) in [7, 11) is 0. The Labute approximate surface area is 148 Å². The number of rotatable bonds is 8. The van der Waals surface area contributed by atoms with Crippen LogP contribution < -0.4 is 10.6 Å². The number of para-hydroxylation sites is 1. The highest BCUT2D eigenvalue weighted by molar-refractivity contribution is 6.01. The zero-order chi connectivity index (χ0) is 18.1. The molecule has 2 N–H and O–H groups in total. The molecule has 2 aromatic carbocycles. The number of esters is 1. The van der Waals surface area contributed by atoms with Crippen molar-refractivity contribution in [2.45, 2.75) is 26.3 Å². The molecular formula is C20H24N2O3. The van der Waals surface area contributed by atoms with Crippen LogP contribution in [-0.4, -0.2) is 25.0 Å². The minimum Gasteiger partial charge on any atom is -0.462 e. The summed E-state index contributed by atoms with van der Waals surface area (Å²) in [5.41, 5.74) is 2.01. The molecular weight excluding hydrogens is 316 g/mol. The van der Waals surface area contributed by atoms with Crippen LogP contribution >= 0.6 is 0 Å². The summed E-state index contributed by atoms with van der Waals surface area (Å²) in [4.78, 5) is 24.1. The highest BCUT2D eigenvalue weighted by Crippen LogP contribution is 2.16. The zero-order valence-corrected chi connectivity index (χ0v) is 14.6. The highest BCUT2D eigenvalue weighted by Gasteiger charge is 2.14. The van der Waals surface area contributed by atoms with Crippen LogP contribution in [0.2, 0.25) is 0 Å². The van der Waals surface area contributed by atoms with Gasteiger partial charge in [-0.25, -0.2) is 4.79 Å². The molecule has 2 rings (SSSR count). The Kier molecular flexibility index (Phi) is 7.16. The summed E-state index contributed by atoms with van der Waals surface area (Å²) in [5.74, 6) is -0.585. The SMILES string of the molecule is CCOC(=O)c1ccccc1NC(=O)CCNC(C)c1ccccc1. The van der Waals surface area contributed by atoms with Crippen LogP contribution in [0, 0.1) is 0 Å². The van der Waals surface area contributed by atoms with Gasteiger partial charge in [-0.3, -0.25) is 4.79 Å². The lowest BCUT2D eigenvalue weighted by atomic mass is 10.1. The normalized spacial score (nSPS) is 11.6. The van der Waals surface area contributed by atoms with E-state index in [1.807, 2.05) is 30.3 Å². The van der Waals surface area contributed by atoms with Crippen LogP contribution in [0.4, 0.5) is 5.69 Å². The molecule has 0 spiro atoms. The standard InChI is InChI=1S/C20H24N2O3/c1-3-25-20(24)17-11-7-8-12-18(17)22-19(23)13-14-21-15(2)16-9-5-4-6-10-16/h4-12,15,21H,3,13-14H2,1-2H3,(H,22,23). The monoisotopic (exact) mass is 340 g/mol. The minimum absolute atomic E-state index is 0.149. The molecule has 25 heavy (non-hydrogen) atoms. The predicted octanol–water partition coefficient (Wildman–Crippen LogP) is 3.54. The summed E-state index contributed by atoms with van der Waals surface area (Å²) in [6.07, 6.45) is 0.314. The first-order valence-electron chi connectivity index (χ1n) is 8.46. The summed E-state index contributed by atoms with van der Waals surface area (Å²) < 4.78 is 5.01. The number of carbonyl (C=O) groups is 2. The Bertz CT molecular complexity index is 701. The van der Waals surface area contributed by atoms with Gasteiger partial charge < -0.3 is 15.4 Å². The summed E-state index contributed by atoms with van der Waals surface area (Å²) in [5, 5.41) is 6.10. The molecule has 1 amide bonds. The number of hydrogen-bond donors (Lipinski definition) is 2. The van der Waals surface area contributed by atoms with Gasteiger partial charge in [0.1, 0.15) is 0 Å². The molecule has 1 unspecified atom stereocenters. The maximum Gasteiger partial charge on any atom is 0.340 e. The molecule has 0 fully saturated rings. The van der Waals surface area contributed by atoms with Crippen LogP contribution in [0.25, 0.3) is 0 Å². The molecule has 0 aromatic heterocycles. The maximum atomic E-state index is 12.2. The van der Waals surface area contributed by atoms with Gasteiger partial charge >= 0.3 is 5.97 Å². The third kappa shape index (κ3) is 5.72. The van der Waals surface area contributed by atoms with Gasteiger partial charge in [-0.1, -0.05) is 42.5 Å². The minimum atomic E-state index is -0.436. The molecule has 1 atom stereocenters. The summed E-state index contributed by atoms with van der Waals surface area (Å²) in [6.45, 7) is 4.65. The average Bonchev–Trinajstić information content (AvgIpc) is 2.63. The second kappa shape index (κ2) is 9.59. The third-order valence-electron chi connectivity index (χ3n) is 3.80. The lowest BCUT2D eigenvalue weighted by Gasteiger charge is -2.14. The van der Waals surface area contributed by atoms with E-state index >= 15 is 0 Å². The topological polar surface area (TPSA) is 67.4 Å². The fourth-order valence-corrected chi connectivity index (χ4v) is 2.45. The Hall–Kier alpha value is -2.66. The fourth-order valence-electron chi connectivity index (χ4n) is 2.45. The number of anilines is 1. The highest BCUT2D eigenvalue weighted by atomic mass is 16.5. The molecule has 0 aliphatic rings. The van der Waals surface area contributed by atoms with Crippen LogP contribution in [0.15, 0.2) is 54.6 Å². The number of nitrogens with one attached hydrogen (secondary N) is 2. The van der Waals surface area contributed by atoms with E-state index in [0.717, 1.165) is 0 Å². The van der Waals surface area contributed by atoms with Gasteiger partial charge in [0.25, 0.3) is 0 Å². The van der Waals surface area contributed by atoms with Crippen molar-refractivity contribution in [3.8, 4) is 0 Å². The van der Waals surface area contributed by atoms with Crippen molar-refractivity contribution >= 4 is 17.6 Å². The smallest absolute Gasteiger partial charge is 0.340 e. The molecule has 0 heterocycles. The second-order valence-electron chi connectivity index (χ2n) is 5.65. The van der Waals surface area contributed by atoms with Crippen LogP contribution in [0.5, 0.6) is 0 Å². The van der Waals surface area contributed by atoms with Crippen LogP contribution in [0.3, 0.4) is 0 Å². The molecule has 0 saturated carbocycles. The summed E-state index contributed by atoms with van der Waals surface area (Å²) in [6, 6.07) is 17.1. The second-order valence-corrected chi connectivity index (χ2v) is 5.65. The first kappa shape index (κ1) is 18.7. The van der Waals surface area contributed by atoms with E-state index in [2.05, 4.69) is 17.6 Å². The van der Waals surface area contributed by atoms with Crippen molar-refractivity contribution in [3.05, 3.63) is 65.7 Å². The molecule has 2 aromatic rings. The van der Waals surface area contributed by atoms with E-state index in [1.165, 1.54) is 5.56 Å². The number of hydrogen-bond acceptors (Lipinski definition) is 4. The fraction of sp³-hybridized carbons (Fsp3) is 0.300. The first-order chi connectivity index (χ1) is 12.1. The van der Waals surface area contributed by atoms with Crippen LogP contribution in [-0.2, 0) is 9.53 Å². The first-order valence-corrected chi connectivity index (χ1v) is 8.46. The van der Waals surface area contributed by atoms with Crippen molar-refractivity contribution < 1.29 is 14.3 Å². The van der Waals surface area contributed by atoms with E-state index in [9.17, 15) is 9.59 Å². The number of carbonyl (C=O) groups excluding carboxylic acids is 2. The van der Waals surface area contributed by atoms with E-state index < -0.39 is 5.97 Å². The Morgan fingerprint density at radius 1 is 1.04 bits per heavy atom. The lowest BCUT2D eigenvalue weighted by Crippen LogP contribution is -2.25. The predicted molar refractivity (Wildman–Crippen MR) is 98.5 cm³/mol. The van der Waals surface area contributed by atoms with Gasteiger partial charge in [0.15, 0.2) is 0 Å². The quantitative estimate of drug-likeness (QED) is 0.721. The molecule has 0 radical (unpaired) electrons. The third-order valence-corrected chi connectivity index (χ3v) is 3.80. The van der Waals surface area contributed by atoms with Crippen molar-refractivity contribution in [2.75, 3.05) is 18.5 Å². The van der Waals surface area contributed by atoms with Gasteiger partial charge in [-0.15, -0.1) is 0 Å². The van der Waals surface area contributed by atoms with Crippen molar-refractivity contribution in [3.63, 3.8) is 0 Å². The zero-order valence-electron chi connectivity index (χ0n) is 14.6. The molecule has 0 aliphatic carbocycles. The van der Waals surface area contributed by atoms with E-state index in [-0.39, 0.29) is 11.9 Å². The molecule has 0 bridgehead atoms. The van der Waals surface area contributed by atoms with Gasteiger partial charge in [0, 0.05) is 19.0 Å². The summed E-state index contributed by atoms with van der Waals surface area (Å²) >= 11 is 0. The molecule has 5 nitrogen and oxygen atoms in total. The number of benzene rings is 2. The molecule has 132 valence electrons. The molecule has 0 saturated heterocycles. The van der Waals surface area contributed by atoms with Crippen molar-refractivity contribution in [1.82, 2.24) is 5.32 Å². The van der Waals surface area contributed by atoms with Crippen molar-refractivity contribution in [2.24, 2.45) is 0 Å². The largest absolute Gasteiger partial charge is 0.462 e. The van der Waals surface area contributed by atoms with Gasteiger partial charge in [-0.2, -0.15) is 0 Å². The van der Waals surface area contributed by atoms with E-state index in [0.29, 0.717) is 30.8 Å². The van der Waals surface area contributed by atoms with E-state index in [4.69, 9.17) is 4.74 Å². The number of amides is 1. The molecule has 5 heteroatoms. The Balaban J connectivity index is 1.86. The molecule has 0 aliphatic heterocycles. The average molecular weight is 340 g/mol. The maximum absolute atomic E-state index is 12.2. The number of ether oxygens (including phenoxy) is 1. The van der Waals surface area contributed by atoms with Crippen LogP contribution in [0.1, 0.15) is 42.2 Å².